The number of halogens is 1. The van der Waals surface area contributed by atoms with E-state index < -0.39 is 12.6 Å². The highest BCUT2D eigenvalue weighted by molar-refractivity contribution is 6.30. The number of nitrogens with two attached hydrogens (primary N) is 1. The molecule has 0 fully saturated rings. The second kappa shape index (κ2) is 7.59. The molecule has 0 spiro atoms. The van der Waals surface area contributed by atoms with Gasteiger partial charge in [-0.05, 0) is 44.2 Å². The lowest BCUT2D eigenvalue weighted by Crippen LogP contribution is -2.17. The quantitative estimate of drug-likeness (QED) is 0.535. The molecule has 27 heavy (non-hydrogen) atoms. The molecule has 3 aromatic rings. The van der Waals surface area contributed by atoms with Gasteiger partial charge in [-0.3, -0.25) is 4.79 Å². The van der Waals surface area contributed by atoms with E-state index in [-0.39, 0.29) is 17.3 Å². The summed E-state index contributed by atoms with van der Waals surface area (Å²) in [6, 6.07) is 9.06. The zero-order valence-corrected chi connectivity index (χ0v) is 15.5. The van der Waals surface area contributed by atoms with Crippen molar-refractivity contribution in [2.45, 2.75) is 13.8 Å². The van der Waals surface area contributed by atoms with E-state index in [9.17, 15) is 9.59 Å². The lowest BCUT2D eigenvalue weighted by Gasteiger charge is -2.10. The van der Waals surface area contributed by atoms with Crippen molar-refractivity contribution in [1.29, 1.82) is 0 Å². The highest BCUT2D eigenvalue weighted by Gasteiger charge is 2.20. The molecule has 2 heterocycles. The van der Waals surface area contributed by atoms with E-state index in [1.54, 1.807) is 18.2 Å². The number of hydrogen-bond donors (Lipinski definition) is 1. The Labute approximate surface area is 160 Å². The number of nitrogen functional groups attached to an aromatic ring is 1. The van der Waals surface area contributed by atoms with Crippen LogP contribution < -0.4 is 5.73 Å². The van der Waals surface area contributed by atoms with Crippen LogP contribution >= 0.6 is 11.6 Å². The van der Waals surface area contributed by atoms with Gasteiger partial charge >= 0.3 is 5.97 Å². The van der Waals surface area contributed by atoms with E-state index in [0.29, 0.717) is 10.6 Å². The third-order valence-corrected chi connectivity index (χ3v) is 4.32. The van der Waals surface area contributed by atoms with E-state index in [4.69, 9.17) is 22.1 Å². The van der Waals surface area contributed by atoms with Crippen molar-refractivity contribution in [3.63, 3.8) is 0 Å². The Morgan fingerprint density at radius 2 is 1.81 bits per heavy atom. The smallest absolute Gasteiger partial charge is 0.361 e. The summed E-state index contributed by atoms with van der Waals surface area (Å²) in [4.78, 5) is 32.2. The average Bonchev–Trinajstić information content (AvgIpc) is 2.95. The van der Waals surface area contributed by atoms with Gasteiger partial charge in [0, 0.05) is 40.1 Å². The molecule has 8 heteroatoms. The first-order valence-corrected chi connectivity index (χ1v) is 8.48. The number of rotatable bonds is 5. The SMILES string of the molecule is Cc1cc(C(=O)COC(=O)c2nccnc2N)c(C)n1-c1ccc(Cl)cc1. The molecule has 0 aliphatic carbocycles. The predicted molar refractivity (Wildman–Crippen MR) is 101 cm³/mol. The van der Waals surface area contributed by atoms with Gasteiger partial charge in [-0.25, -0.2) is 14.8 Å². The van der Waals surface area contributed by atoms with Gasteiger partial charge in [0.2, 0.25) is 5.78 Å². The average molecular weight is 385 g/mol. The summed E-state index contributed by atoms with van der Waals surface area (Å²) < 4.78 is 6.99. The Hall–Kier alpha value is -3.19. The minimum absolute atomic E-state index is 0.0455. The molecule has 0 unspecified atom stereocenters. The van der Waals surface area contributed by atoms with Gasteiger partial charge in [0.1, 0.15) is 0 Å². The highest BCUT2D eigenvalue weighted by Crippen LogP contribution is 2.22. The molecule has 0 radical (unpaired) electrons. The number of carbonyl (C=O) groups is 2. The Morgan fingerprint density at radius 1 is 1.15 bits per heavy atom. The molecule has 2 aromatic heterocycles. The van der Waals surface area contributed by atoms with Crippen LogP contribution in [0, 0.1) is 13.8 Å². The van der Waals surface area contributed by atoms with Gasteiger partial charge in [0.25, 0.3) is 0 Å². The molecule has 0 amide bonds. The lowest BCUT2D eigenvalue weighted by atomic mass is 10.1. The number of carbonyl (C=O) groups excluding carboxylic acids is 2. The number of esters is 1. The number of aromatic nitrogens is 3. The van der Waals surface area contributed by atoms with Crippen LogP contribution in [-0.2, 0) is 4.74 Å². The van der Waals surface area contributed by atoms with Crippen LogP contribution in [0.5, 0.6) is 0 Å². The summed E-state index contributed by atoms with van der Waals surface area (Å²) in [5, 5.41) is 0.632. The molecule has 0 aliphatic rings. The molecule has 0 bridgehead atoms. The number of ketones is 1. The van der Waals surface area contributed by atoms with Gasteiger partial charge < -0.3 is 15.0 Å². The van der Waals surface area contributed by atoms with Crippen molar-refractivity contribution in [2.24, 2.45) is 0 Å². The molecule has 2 N–H and O–H groups in total. The first-order chi connectivity index (χ1) is 12.9. The second-order valence-electron chi connectivity index (χ2n) is 5.89. The molecule has 0 atom stereocenters. The van der Waals surface area contributed by atoms with E-state index in [1.807, 2.05) is 30.5 Å². The summed E-state index contributed by atoms with van der Waals surface area (Å²) in [5.74, 6) is -1.16. The van der Waals surface area contributed by atoms with Crippen LogP contribution in [-0.4, -0.2) is 32.9 Å². The Bertz CT molecular complexity index is 1010. The fourth-order valence-corrected chi connectivity index (χ4v) is 2.94. The van der Waals surface area contributed by atoms with Gasteiger partial charge in [-0.1, -0.05) is 11.6 Å². The van der Waals surface area contributed by atoms with Crippen LogP contribution in [0.25, 0.3) is 5.69 Å². The third kappa shape index (κ3) is 3.83. The van der Waals surface area contributed by atoms with E-state index >= 15 is 0 Å². The molecular formula is C19H17ClN4O3. The minimum Gasteiger partial charge on any atom is -0.452 e. The van der Waals surface area contributed by atoms with Gasteiger partial charge in [-0.15, -0.1) is 0 Å². The van der Waals surface area contributed by atoms with Crippen molar-refractivity contribution in [3.05, 3.63) is 70.4 Å². The molecule has 138 valence electrons. The minimum atomic E-state index is -0.791. The molecule has 3 rings (SSSR count). The summed E-state index contributed by atoms with van der Waals surface area (Å²) >= 11 is 5.94. The van der Waals surface area contributed by atoms with Crippen LogP contribution in [0.3, 0.4) is 0 Å². The molecule has 7 nitrogen and oxygen atoms in total. The van der Waals surface area contributed by atoms with E-state index in [0.717, 1.165) is 17.1 Å². The number of Topliss-reactive ketones (excluding diaryl/α,β-unsaturated/α-hetero) is 1. The van der Waals surface area contributed by atoms with Gasteiger partial charge in [-0.2, -0.15) is 0 Å². The monoisotopic (exact) mass is 384 g/mol. The van der Waals surface area contributed by atoms with Crippen molar-refractivity contribution in [2.75, 3.05) is 12.3 Å². The fourth-order valence-electron chi connectivity index (χ4n) is 2.82. The number of benzene rings is 1. The first-order valence-electron chi connectivity index (χ1n) is 8.10. The van der Waals surface area contributed by atoms with Crippen LogP contribution in [0.2, 0.25) is 5.02 Å². The zero-order chi connectivity index (χ0) is 19.6. The first kappa shape index (κ1) is 18.6. The molecule has 0 saturated heterocycles. The number of hydrogen-bond acceptors (Lipinski definition) is 6. The Morgan fingerprint density at radius 3 is 2.48 bits per heavy atom. The van der Waals surface area contributed by atoms with Crippen LogP contribution in [0.15, 0.2) is 42.7 Å². The number of anilines is 1. The lowest BCUT2D eigenvalue weighted by molar-refractivity contribution is 0.0469. The topological polar surface area (TPSA) is 100 Å². The number of ether oxygens (including phenoxy) is 1. The maximum Gasteiger partial charge on any atom is 0.361 e. The summed E-state index contributed by atoms with van der Waals surface area (Å²) in [7, 11) is 0. The molecule has 0 aliphatic heterocycles. The number of nitrogens with zero attached hydrogens (tertiary/aromatic N) is 3. The number of aryl methyl sites for hydroxylation is 1. The van der Waals surface area contributed by atoms with Crippen LogP contribution in [0.4, 0.5) is 5.82 Å². The van der Waals surface area contributed by atoms with E-state index in [2.05, 4.69) is 9.97 Å². The van der Waals surface area contributed by atoms with Gasteiger partial charge in [0.05, 0.1) is 0 Å². The maximum absolute atomic E-state index is 12.6. The van der Waals surface area contributed by atoms with Crippen molar-refractivity contribution < 1.29 is 14.3 Å². The molecule has 0 saturated carbocycles. The van der Waals surface area contributed by atoms with Crippen molar-refractivity contribution in [1.82, 2.24) is 14.5 Å². The second-order valence-corrected chi connectivity index (χ2v) is 6.32. The Kier molecular flexibility index (Phi) is 5.23. The largest absolute Gasteiger partial charge is 0.452 e. The summed E-state index contributed by atoms with van der Waals surface area (Å²) in [5.41, 5.74) is 8.46. The standard InChI is InChI=1S/C19H17ClN4O3/c1-11-9-15(12(2)24(11)14-5-3-13(20)4-6-14)16(25)10-27-19(26)17-18(21)23-8-7-22-17/h3-9H,10H2,1-2H3,(H2,21,23). The van der Waals surface area contributed by atoms with Crippen molar-refractivity contribution >= 4 is 29.2 Å². The summed E-state index contributed by atoms with van der Waals surface area (Å²) in [6.45, 7) is 3.31. The van der Waals surface area contributed by atoms with E-state index in [1.165, 1.54) is 12.4 Å². The highest BCUT2D eigenvalue weighted by atomic mass is 35.5. The van der Waals surface area contributed by atoms with Crippen molar-refractivity contribution in [3.8, 4) is 5.69 Å². The Balaban J connectivity index is 1.78. The molecular weight excluding hydrogens is 368 g/mol. The fraction of sp³-hybridized carbons (Fsp3) is 0.158. The van der Waals surface area contributed by atoms with Gasteiger partial charge in [0.15, 0.2) is 18.1 Å². The van der Waals surface area contributed by atoms with Crippen LogP contribution in [0.1, 0.15) is 32.2 Å². The zero-order valence-electron chi connectivity index (χ0n) is 14.8. The molecule has 1 aromatic carbocycles. The summed E-state index contributed by atoms with van der Waals surface area (Å²) in [6.07, 6.45) is 2.69. The predicted octanol–water partition coefficient (Wildman–Crippen LogP) is 3.16. The third-order valence-electron chi connectivity index (χ3n) is 4.07. The normalized spacial score (nSPS) is 10.6. The maximum atomic E-state index is 12.6.